The lowest BCUT2D eigenvalue weighted by Crippen LogP contribution is -2.47. The van der Waals surface area contributed by atoms with Crippen LogP contribution < -0.4 is 5.73 Å². The zero-order valence-electron chi connectivity index (χ0n) is 12.3. The number of ether oxygens (including phenoxy) is 1. The maximum Gasteiger partial charge on any atom is 0.0783 e. The van der Waals surface area contributed by atoms with E-state index in [4.69, 9.17) is 10.5 Å². The van der Waals surface area contributed by atoms with Crippen LogP contribution in [0.1, 0.15) is 51.9 Å². The van der Waals surface area contributed by atoms with Gasteiger partial charge in [0.15, 0.2) is 0 Å². The Morgan fingerprint density at radius 2 is 2.21 bits per heavy atom. The van der Waals surface area contributed by atoms with E-state index >= 15 is 0 Å². The molecule has 1 aliphatic carbocycles. The molecular formula is C16H29NOS. The van der Waals surface area contributed by atoms with Gasteiger partial charge < -0.3 is 10.5 Å². The van der Waals surface area contributed by atoms with Crippen LogP contribution in [0.2, 0.25) is 0 Å². The third-order valence-corrected chi connectivity index (χ3v) is 7.07. The molecular weight excluding hydrogens is 254 g/mol. The monoisotopic (exact) mass is 283 g/mol. The molecule has 3 heteroatoms. The van der Waals surface area contributed by atoms with Gasteiger partial charge in [0.2, 0.25) is 0 Å². The summed E-state index contributed by atoms with van der Waals surface area (Å²) in [5, 5.41) is 0. The van der Waals surface area contributed by atoms with Crippen LogP contribution in [-0.2, 0) is 4.74 Å². The van der Waals surface area contributed by atoms with Gasteiger partial charge in [0, 0.05) is 18.4 Å². The van der Waals surface area contributed by atoms with E-state index < -0.39 is 0 Å². The van der Waals surface area contributed by atoms with E-state index in [1.54, 1.807) is 0 Å². The largest absolute Gasteiger partial charge is 0.374 e. The first kappa shape index (κ1) is 14.2. The molecule has 5 unspecified atom stereocenters. The summed E-state index contributed by atoms with van der Waals surface area (Å²) in [6.07, 6.45) is 9.20. The van der Waals surface area contributed by atoms with Gasteiger partial charge in [0.05, 0.1) is 5.60 Å². The van der Waals surface area contributed by atoms with Gasteiger partial charge in [0.1, 0.15) is 0 Å². The van der Waals surface area contributed by atoms with Crippen LogP contribution in [0, 0.1) is 17.8 Å². The molecule has 0 aromatic heterocycles. The van der Waals surface area contributed by atoms with Gasteiger partial charge >= 0.3 is 0 Å². The first-order valence-electron chi connectivity index (χ1n) is 8.20. The van der Waals surface area contributed by atoms with Crippen molar-refractivity contribution in [1.82, 2.24) is 0 Å². The van der Waals surface area contributed by atoms with E-state index in [0.717, 1.165) is 18.4 Å². The molecule has 0 amide bonds. The van der Waals surface area contributed by atoms with E-state index in [9.17, 15) is 0 Å². The summed E-state index contributed by atoms with van der Waals surface area (Å²) >= 11 is 2.06. The molecule has 2 N–H and O–H groups in total. The average molecular weight is 283 g/mol. The second-order valence-corrected chi connectivity index (χ2v) is 8.12. The number of nitrogens with two attached hydrogens (primary N) is 1. The molecule has 0 bridgehead atoms. The summed E-state index contributed by atoms with van der Waals surface area (Å²) in [5.74, 6) is 4.95. The molecule has 5 atom stereocenters. The van der Waals surface area contributed by atoms with Crippen LogP contribution in [0.15, 0.2) is 0 Å². The third kappa shape index (κ3) is 2.98. The molecule has 3 rings (SSSR count). The number of hydrogen-bond donors (Lipinski definition) is 1. The topological polar surface area (TPSA) is 35.2 Å². The second kappa shape index (κ2) is 5.95. The van der Waals surface area contributed by atoms with Gasteiger partial charge in [-0.2, -0.15) is 11.8 Å². The van der Waals surface area contributed by atoms with Gasteiger partial charge in [-0.3, -0.25) is 0 Å². The molecule has 1 spiro atoms. The first-order chi connectivity index (χ1) is 9.22. The van der Waals surface area contributed by atoms with Crippen LogP contribution in [0.4, 0.5) is 0 Å². The van der Waals surface area contributed by atoms with E-state index in [2.05, 4.69) is 18.7 Å². The highest BCUT2D eigenvalue weighted by atomic mass is 32.2. The molecule has 19 heavy (non-hydrogen) atoms. The third-order valence-electron chi connectivity index (χ3n) is 5.85. The summed E-state index contributed by atoms with van der Waals surface area (Å²) in [7, 11) is 0. The van der Waals surface area contributed by atoms with Gasteiger partial charge in [0.25, 0.3) is 0 Å². The predicted molar refractivity (Wildman–Crippen MR) is 82.4 cm³/mol. The fourth-order valence-electron chi connectivity index (χ4n) is 4.48. The highest BCUT2D eigenvalue weighted by molar-refractivity contribution is 7.99. The maximum atomic E-state index is 6.66. The minimum atomic E-state index is 0.202. The smallest absolute Gasteiger partial charge is 0.0783 e. The quantitative estimate of drug-likeness (QED) is 0.861. The number of thioether (sulfide) groups is 1. The summed E-state index contributed by atoms with van der Waals surface area (Å²) in [6.45, 7) is 3.28. The van der Waals surface area contributed by atoms with Crippen molar-refractivity contribution in [1.29, 1.82) is 0 Å². The van der Waals surface area contributed by atoms with Crippen molar-refractivity contribution in [2.24, 2.45) is 23.5 Å². The Hall–Kier alpha value is 0.270. The minimum absolute atomic E-state index is 0.202. The van der Waals surface area contributed by atoms with Crippen molar-refractivity contribution in [2.75, 3.05) is 18.1 Å². The Morgan fingerprint density at radius 3 is 2.89 bits per heavy atom. The molecule has 2 nitrogen and oxygen atoms in total. The lowest BCUT2D eigenvalue weighted by atomic mass is 9.77. The zero-order valence-corrected chi connectivity index (χ0v) is 13.1. The molecule has 2 heterocycles. The Labute approximate surface area is 122 Å². The van der Waals surface area contributed by atoms with E-state index in [1.807, 2.05) is 0 Å². The van der Waals surface area contributed by atoms with Gasteiger partial charge in [-0.1, -0.05) is 19.8 Å². The van der Waals surface area contributed by atoms with Crippen molar-refractivity contribution in [3.63, 3.8) is 0 Å². The van der Waals surface area contributed by atoms with Crippen molar-refractivity contribution in [3.05, 3.63) is 0 Å². The van der Waals surface area contributed by atoms with Crippen LogP contribution in [-0.4, -0.2) is 29.8 Å². The number of hydrogen-bond acceptors (Lipinski definition) is 3. The lowest BCUT2D eigenvalue weighted by Gasteiger charge is -2.41. The summed E-state index contributed by atoms with van der Waals surface area (Å²) in [6, 6.07) is 0.433. The zero-order chi connectivity index (χ0) is 13.3. The van der Waals surface area contributed by atoms with Gasteiger partial charge in [-0.25, -0.2) is 0 Å². The summed E-state index contributed by atoms with van der Waals surface area (Å²) in [4.78, 5) is 0. The molecule has 2 aliphatic heterocycles. The Balaban J connectivity index is 1.59. The SMILES string of the molecule is CCC1CCC(C(N)C2CCOC3(CCSC3)C2)C1. The Morgan fingerprint density at radius 1 is 1.32 bits per heavy atom. The summed E-state index contributed by atoms with van der Waals surface area (Å²) in [5.41, 5.74) is 6.86. The van der Waals surface area contributed by atoms with Crippen molar-refractivity contribution >= 4 is 11.8 Å². The second-order valence-electron chi connectivity index (χ2n) is 7.01. The van der Waals surface area contributed by atoms with Crippen molar-refractivity contribution in [3.8, 4) is 0 Å². The molecule has 110 valence electrons. The molecule has 0 aromatic rings. The molecule has 1 saturated carbocycles. The lowest BCUT2D eigenvalue weighted by molar-refractivity contribution is -0.0859. The van der Waals surface area contributed by atoms with Crippen LogP contribution in [0.25, 0.3) is 0 Å². The standard InChI is InChI=1S/C16H29NOS/c1-2-12-3-4-13(9-12)15(17)14-5-7-18-16(10-14)6-8-19-11-16/h12-15H,2-11,17H2,1H3. The fraction of sp³-hybridized carbons (Fsp3) is 1.00. The van der Waals surface area contributed by atoms with E-state index in [1.165, 1.54) is 56.5 Å². The molecule has 3 fully saturated rings. The van der Waals surface area contributed by atoms with E-state index in [-0.39, 0.29) is 5.60 Å². The molecule has 3 aliphatic rings. The molecule has 2 saturated heterocycles. The molecule has 0 radical (unpaired) electrons. The maximum absolute atomic E-state index is 6.66. The predicted octanol–water partition coefficient (Wildman–Crippen LogP) is 3.44. The summed E-state index contributed by atoms with van der Waals surface area (Å²) < 4.78 is 6.14. The first-order valence-corrected chi connectivity index (χ1v) is 9.35. The normalized spacial score (nSPS) is 44.8. The van der Waals surface area contributed by atoms with Crippen molar-refractivity contribution in [2.45, 2.75) is 63.5 Å². The average Bonchev–Trinajstić information content (AvgIpc) is 3.07. The van der Waals surface area contributed by atoms with Gasteiger partial charge in [-0.15, -0.1) is 0 Å². The number of rotatable bonds is 3. The van der Waals surface area contributed by atoms with Crippen LogP contribution in [0.5, 0.6) is 0 Å². The fourth-order valence-corrected chi connectivity index (χ4v) is 5.85. The highest BCUT2D eigenvalue weighted by Crippen LogP contribution is 2.44. The van der Waals surface area contributed by atoms with Gasteiger partial charge in [-0.05, 0) is 55.6 Å². The van der Waals surface area contributed by atoms with Crippen molar-refractivity contribution < 1.29 is 4.74 Å². The van der Waals surface area contributed by atoms with E-state index in [0.29, 0.717) is 12.0 Å². The van der Waals surface area contributed by atoms with Crippen LogP contribution in [0.3, 0.4) is 0 Å². The minimum Gasteiger partial charge on any atom is -0.374 e. The molecule has 0 aromatic carbocycles. The highest BCUT2D eigenvalue weighted by Gasteiger charge is 2.43. The Bertz CT molecular complexity index is 303. The van der Waals surface area contributed by atoms with Crippen LogP contribution >= 0.6 is 11.8 Å². The Kier molecular flexibility index (Phi) is 4.45.